The Labute approximate surface area is 109 Å². The third-order valence-electron chi connectivity index (χ3n) is 3.87. The molecule has 98 valence electrons. The first-order valence-corrected chi connectivity index (χ1v) is 6.92. The molecule has 0 atom stereocenters. The van der Waals surface area contributed by atoms with Gasteiger partial charge in [-0.1, -0.05) is 25.3 Å². The summed E-state index contributed by atoms with van der Waals surface area (Å²) in [6, 6.07) is 4.42. The number of hydrogen-bond donors (Lipinski definition) is 0. The molecule has 1 aliphatic rings. The maximum atomic E-state index is 12.1. The minimum Gasteiger partial charge on any atom is -0.343 e. The number of hydrogen-bond acceptors (Lipinski definition) is 2. The summed E-state index contributed by atoms with van der Waals surface area (Å²) < 4.78 is 0. The molecule has 0 radical (unpaired) electrons. The Morgan fingerprint density at radius 1 is 1.39 bits per heavy atom. The van der Waals surface area contributed by atoms with Gasteiger partial charge in [0.2, 0.25) is 5.91 Å². The van der Waals surface area contributed by atoms with E-state index in [1.54, 1.807) is 6.20 Å². The second-order valence-electron chi connectivity index (χ2n) is 5.16. The maximum absolute atomic E-state index is 12.1. The second-order valence-corrected chi connectivity index (χ2v) is 5.16. The lowest BCUT2D eigenvalue weighted by molar-refractivity contribution is -0.132. The number of aromatic nitrogens is 1. The van der Waals surface area contributed by atoms with Crippen LogP contribution in [0.2, 0.25) is 0 Å². The predicted molar refractivity (Wildman–Crippen MR) is 72.2 cm³/mol. The fraction of sp³-hybridized carbons (Fsp3) is 0.600. The molecule has 1 heterocycles. The second kappa shape index (κ2) is 6.53. The van der Waals surface area contributed by atoms with Crippen molar-refractivity contribution in [1.82, 2.24) is 9.88 Å². The van der Waals surface area contributed by atoms with Crippen LogP contribution in [-0.2, 0) is 11.2 Å². The van der Waals surface area contributed by atoms with Gasteiger partial charge in [0.05, 0.1) is 0 Å². The van der Waals surface area contributed by atoms with Gasteiger partial charge in [-0.2, -0.15) is 0 Å². The molecule has 0 saturated heterocycles. The lowest BCUT2D eigenvalue weighted by atomic mass is 9.94. The standard InChI is InChI=1S/C15H22N2O/c1-17(14-7-3-2-4-8-14)15(18)10-9-13-6-5-11-16-12-13/h5-6,11-12,14H,2-4,7-10H2,1H3. The SMILES string of the molecule is CN(C(=O)CCc1cccnc1)C1CCCCC1. The zero-order valence-electron chi connectivity index (χ0n) is 11.1. The molecule has 18 heavy (non-hydrogen) atoms. The van der Waals surface area contributed by atoms with Gasteiger partial charge in [0.25, 0.3) is 0 Å². The van der Waals surface area contributed by atoms with E-state index in [4.69, 9.17) is 0 Å². The van der Waals surface area contributed by atoms with E-state index in [-0.39, 0.29) is 5.91 Å². The Bertz CT molecular complexity index is 371. The number of carbonyl (C=O) groups is 1. The highest BCUT2D eigenvalue weighted by atomic mass is 16.2. The van der Waals surface area contributed by atoms with Gasteiger partial charge in [-0.05, 0) is 30.9 Å². The molecular formula is C15H22N2O. The Morgan fingerprint density at radius 3 is 2.83 bits per heavy atom. The lowest BCUT2D eigenvalue weighted by Crippen LogP contribution is -2.38. The number of aryl methyl sites for hydroxylation is 1. The van der Waals surface area contributed by atoms with Crippen LogP contribution in [0.25, 0.3) is 0 Å². The van der Waals surface area contributed by atoms with Crippen molar-refractivity contribution in [2.75, 3.05) is 7.05 Å². The van der Waals surface area contributed by atoms with Crippen molar-refractivity contribution >= 4 is 5.91 Å². The van der Waals surface area contributed by atoms with Gasteiger partial charge >= 0.3 is 0 Å². The molecule has 0 spiro atoms. The topological polar surface area (TPSA) is 33.2 Å². The highest BCUT2D eigenvalue weighted by Gasteiger charge is 2.21. The molecule has 2 rings (SSSR count). The third kappa shape index (κ3) is 3.56. The van der Waals surface area contributed by atoms with E-state index in [0.717, 1.165) is 12.0 Å². The molecule has 1 aromatic rings. The molecule has 1 amide bonds. The molecule has 1 fully saturated rings. The van der Waals surface area contributed by atoms with Crippen molar-refractivity contribution in [1.29, 1.82) is 0 Å². The van der Waals surface area contributed by atoms with Crippen molar-refractivity contribution in [2.24, 2.45) is 0 Å². The number of amides is 1. The van der Waals surface area contributed by atoms with E-state index in [2.05, 4.69) is 4.98 Å². The van der Waals surface area contributed by atoms with E-state index in [1.165, 1.54) is 32.1 Å². The number of nitrogens with zero attached hydrogens (tertiary/aromatic N) is 2. The molecule has 3 heteroatoms. The fourth-order valence-corrected chi connectivity index (χ4v) is 2.65. The Kier molecular flexibility index (Phi) is 4.73. The van der Waals surface area contributed by atoms with Gasteiger partial charge in [0, 0.05) is 31.9 Å². The van der Waals surface area contributed by atoms with E-state index in [1.807, 2.05) is 30.3 Å². The monoisotopic (exact) mass is 246 g/mol. The van der Waals surface area contributed by atoms with Crippen LogP contribution in [0.4, 0.5) is 0 Å². The van der Waals surface area contributed by atoms with E-state index >= 15 is 0 Å². The van der Waals surface area contributed by atoms with Crippen LogP contribution in [0.1, 0.15) is 44.1 Å². The molecule has 0 N–H and O–H groups in total. The van der Waals surface area contributed by atoms with Crippen molar-refractivity contribution < 1.29 is 4.79 Å². The van der Waals surface area contributed by atoms with E-state index in [0.29, 0.717) is 12.5 Å². The Hall–Kier alpha value is -1.38. The van der Waals surface area contributed by atoms with Gasteiger partial charge < -0.3 is 4.90 Å². The van der Waals surface area contributed by atoms with Crippen LogP contribution >= 0.6 is 0 Å². The fourth-order valence-electron chi connectivity index (χ4n) is 2.65. The van der Waals surface area contributed by atoms with Crippen LogP contribution in [0, 0.1) is 0 Å². The summed E-state index contributed by atoms with van der Waals surface area (Å²) in [6.07, 6.45) is 11.2. The maximum Gasteiger partial charge on any atom is 0.222 e. The van der Waals surface area contributed by atoms with E-state index in [9.17, 15) is 4.79 Å². The zero-order chi connectivity index (χ0) is 12.8. The minimum atomic E-state index is 0.269. The molecular weight excluding hydrogens is 224 g/mol. The molecule has 1 aromatic heterocycles. The van der Waals surface area contributed by atoms with Crippen LogP contribution in [-0.4, -0.2) is 28.9 Å². The summed E-state index contributed by atoms with van der Waals surface area (Å²) in [5.41, 5.74) is 1.14. The smallest absolute Gasteiger partial charge is 0.222 e. The molecule has 0 aromatic carbocycles. The molecule has 0 unspecified atom stereocenters. The summed E-state index contributed by atoms with van der Waals surface area (Å²) in [5.74, 6) is 0.269. The van der Waals surface area contributed by atoms with Gasteiger partial charge in [-0.15, -0.1) is 0 Å². The predicted octanol–water partition coefficient (Wildman–Crippen LogP) is 2.81. The van der Waals surface area contributed by atoms with Gasteiger partial charge in [-0.25, -0.2) is 0 Å². The third-order valence-corrected chi connectivity index (χ3v) is 3.87. The quantitative estimate of drug-likeness (QED) is 0.818. The first kappa shape index (κ1) is 13.1. The van der Waals surface area contributed by atoms with Gasteiger partial charge in [0.15, 0.2) is 0 Å². The molecule has 1 saturated carbocycles. The number of rotatable bonds is 4. The van der Waals surface area contributed by atoms with Crippen LogP contribution in [0.15, 0.2) is 24.5 Å². The van der Waals surface area contributed by atoms with Crippen molar-refractivity contribution in [2.45, 2.75) is 51.0 Å². The van der Waals surface area contributed by atoms with E-state index < -0.39 is 0 Å². The highest BCUT2D eigenvalue weighted by molar-refractivity contribution is 5.76. The van der Waals surface area contributed by atoms with Crippen LogP contribution in [0.5, 0.6) is 0 Å². The van der Waals surface area contributed by atoms with Crippen molar-refractivity contribution in [3.05, 3.63) is 30.1 Å². The summed E-state index contributed by atoms with van der Waals surface area (Å²) in [7, 11) is 1.96. The summed E-state index contributed by atoms with van der Waals surface area (Å²) >= 11 is 0. The normalized spacial score (nSPS) is 16.5. The highest BCUT2D eigenvalue weighted by Crippen LogP contribution is 2.22. The number of carbonyl (C=O) groups excluding carboxylic acids is 1. The molecule has 1 aliphatic carbocycles. The largest absolute Gasteiger partial charge is 0.343 e. The van der Waals surface area contributed by atoms with Gasteiger partial charge in [-0.3, -0.25) is 9.78 Å². The molecule has 0 aliphatic heterocycles. The molecule has 3 nitrogen and oxygen atoms in total. The minimum absolute atomic E-state index is 0.269. The van der Waals surface area contributed by atoms with Crippen LogP contribution < -0.4 is 0 Å². The van der Waals surface area contributed by atoms with Gasteiger partial charge in [0.1, 0.15) is 0 Å². The van der Waals surface area contributed by atoms with Crippen molar-refractivity contribution in [3.8, 4) is 0 Å². The summed E-state index contributed by atoms with van der Waals surface area (Å²) in [4.78, 5) is 18.2. The average molecular weight is 246 g/mol. The molecule has 0 bridgehead atoms. The van der Waals surface area contributed by atoms with Crippen molar-refractivity contribution in [3.63, 3.8) is 0 Å². The lowest BCUT2D eigenvalue weighted by Gasteiger charge is -2.31. The zero-order valence-corrected chi connectivity index (χ0v) is 11.1. The average Bonchev–Trinajstić information content (AvgIpc) is 2.46. The number of pyridine rings is 1. The van der Waals surface area contributed by atoms with Crippen LogP contribution in [0.3, 0.4) is 0 Å². The first-order valence-electron chi connectivity index (χ1n) is 6.92. The first-order chi connectivity index (χ1) is 8.77. The summed E-state index contributed by atoms with van der Waals surface area (Å²) in [5, 5.41) is 0. The summed E-state index contributed by atoms with van der Waals surface area (Å²) in [6.45, 7) is 0. The Morgan fingerprint density at radius 2 is 2.17 bits per heavy atom. The Balaban J connectivity index is 1.80.